The third-order valence-corrected chi connectivity index (χ3v) is 2.29. The molecule has 1 rings (SSSR count). The lowest BCUT2D eigenvalue weighted by atomic mass is 10.1. The topological polar surface area (TPSA) is 38.3 Å². The van der Waals surface area contributed by atoms with Crippen molar-refractivity contribution in [2.24, 2.45) is 0 Å². The number of aryl methyl sites for hydroxylation is 1. The molecule has 4 heteroatoms. The highest BCUT2D eigenvalue weighted by Crippen LogP contribution is 2.08. The Hall–Kier alpha value is -1.42. The van der Waals surface area contributed by atoms with Crippen LogP contribution in [0.3, 0.4) is 0 Å². The van der Waals surface area contributed by atoms with Crippen LogP contribution in [0.5, 0.6) is 0 Å². The van der Waals surface area contributed by atoms with Crippen molar-refractivity contribution < 1.29 is 13.9 Å². The summed E-state index contributed by atoms with van der Waals surface area (Å²) in [7, 11) is 1.37. The van der Waals surface area contributed by atoms with Gasteiger partial charge in [-0.25, -0.2) is 4.39 Å². The summed E-state index contributed by atoms with van der Waals surface area (Å²) in [6, 6.07) is 4.97. The molecule has 3 nitrogen and oxygen atoms in total. The van der Waals surface area contributed by atoms with E-state index < -0.39 is 0 Å². The fraction of sp³-hybridized carbons (Fsp3) is 0.417. The van der Waals surface area contributed by atoms with E-state index in [2.05, 4.69) is 10.1 Å². The van der Waals surface area contributed by atoms with Crippen molar-refractivity contribution in [3.8, 4) is 0 Å². The fourth-order valence-electron chi connectivity index (χ4n) is 1.34. The normalized spacial score (nSPS) is 10.2. The third kappa shape index (κ3) is 3.98. The molecule has 0 aliphatic rings. The van der Waals surface area contributed by atoms with Crippen LogP contribution in [-0.4, -0.2) is 19.6 Å². The highest BCUT2D eigenvalue weighted by atomic mass is 19.1. The molecule has 0 fully saturated rings. The molecule has 0 aromatic heterocycles. The van der Waals surface area contributed by atoms with E-state index >= 15 is 0 Å². The molecule has 1 aromatic carbocycles. The van der Waals surface area contributed by atoms with Gasteiger partial charge in [0.25, 0.3) is 0 Å². The summed E-state index contributed by atoms with van der Waals surface area (Å²) < 4.78 is 17.5. The van der Waals surface area contributed by atoms with Crippen molar-refractivity contribution in [3.63, 3.8) is 0 Å². The van der Waals surface area contributed by atoms with E-state index in [9.17, 15) is 9.18 Å². The number of methoxy groups -OCH3 is 1. The molecule has 16 heavy (non-hydrogen) atoms. The first-order valence-electron chi connectivity index (χ1n) is 5.16. The van der Waals surface area contributed by atoms with Gasteiger partial charge < -0.3 is 10.1 Å². The van der Waals surface area contributed by atoms with Crippen molar-refractivity contribution in [1.82, 2.24) is 5.32 Å². The van der Waals surface area contributed by atoms with Crippen molar-refractivity contribution >= 4 is 5.97 Å². The first-order valence-corrected chi connectivity index (χ1v) is 5.16. The quantitative estimate of drug-likeness (QED) is 0.613. The molecule has 0 radical (unpaired) electrons. The molecule has 88 valence electrons. The number of carbonyl (C=O) groups is 1. The van der Waals surface area contributed by atoms with Crippen LogP contribution >= 0.6 is 0 Å². The van der Waals surface area contributed by atoms with Gasteiger partial charge in [0.1, 0.15) is 5.82 Å². The van der Waals surface area contributed by atoms with E-state index in [1.54, 1.807) is 19.1 Å². The summed E-state index contributed by atoms with van der Waals surface area (Å²) in [6.45, 7) is 2.91. The van der Waals surface area contributed by atoms with Gasteiger partial charge in [0.05, 0.1) is 13.5 Å². The van der Waals surface area contributed by atoms with Crippen LogP contribution in [-0.2, 0) is 16.1 Å². The lowest BCUT2D eigenvalue weighted by Crippen LogP contribution is -2.18. The van der Waals surface area contributed by atoms with Gasteiger partial charge in [-0.3, -0.25) is 4.79 Å². The van der Waals surface area contributed by atoms with Gasteiger partial charge in [-0.05, 0) is 24.1 Å². The average molecular weight is 225 g/mol. The Balaban J connectivity index is 2.32. The SMILES string of the molecule is COC(=O)CCNCc1ccc(F)c(C)c1. The molecule has 0 heterocycles. The second kappa shape index (κ2) is 6.23. The van der Waals surface area contributed by atoms with Crippen molar-refractivity contribution in [3.05, 3.63) is 35.1 Å². The first-order chi connectivity index (χ1) is 7.63. The first kappa shape index (κ1) is 12.6. The minimum atomic E-state index is -0.234. The maximum Gasteiger partial charge on any atom is 0.306 e. The van der Waals surface area contributed by atoms with Gasteiger partial charge in [-0.15, -0.1) is 0 Å². The number of esters is 1. The number of rotatable bonds is 5. The molecule has 0 atom stereocenters. The number of halogens is 1. The van der Waals surface area contributed by atoms with Crippen LogP contribution in [0.1, 0.15) is 17.5 Å². The minimum absolute atomic E-state index is 0.196. The maximum absolute atomic E-state index is 13.0. The Bertz CT molecular complexity index is 366. The predicted octanol–water partition coefficient (Wildman–Crippen LogP) is 1.79. The Labute approximate surface area is 94.6 Å². The summed E-state index contributed by atoms with van der Waals surface area (Å²) in [5.41, 5.74) is 1.64. The Kier molecular flexibility index (Phi) is 4.92. The zero-order valence-corrected chi connectivity index (χ0v) is 9.55. The van der Waals surface area contributed by atoms with Gasteiger partial charge in [-0.1, -0.05) is 12.1 Å². The summed E-state index contributed by atoms with van der Waals surface area (Å²) in [4.78, 5) is 10.8. The van der Waals surface area contributed by atoms with Crippen molar-refractivity contribution in [2.45, 2.75) is 19.9 Å². The zero-order chi connectivity index (χ0) is 12.0. The van der Waals surface area contributed by atoms with Gasteiger partial charge in [0, 0.05) is 13.1 Å². The Morgan fingerprint density at radius 1 is 1.50 bits per heavy atom. The van der Waals surface area contributed by atoms with Gasteiger partial charge in [0.15, 0.2) is 0 Å². The second-order valence-corrected chi connectivity index (χ2v) is 3.59. The largest absolute Gasteiger partial charge is 0.469 e. The second-order valence-electron chi connectivity index (χ2n) is 3.59. The molecule has 0 spiro atoms. The average Bonchev–Trinajstić information content (AvgIpc) is 2.28. The molecule has 0 unspecified atom stereocenters. The summed E-state index contributed by atoms with van der Waals surface area (Å²) >= 11 is 0. The van der Waals surface area contributed by atoms with Crippen LogP contribution in [0.2, 0.25) is 0 Å². The Morgan fingerprint density at radius 2 is 2.25 bits per heavy atom. The molecule has 0 aliphatic heterocycles. The van der Waals surface area contributed by atoms with E-state index in [1.165, 1.54) is 13.2 Å². The van der Waals surface area contributed by atoms with Crippen LogP contribution < -0.4 is 5.32 Å². The molecular weight excluding hydrogens is 209 g/mol. The minimum Gasteiger partial charge on any atom is -0.469 e. The van der Waals surface area contributed by atoms with E-state index in [4.69, 9.17) is 0 Å². The summed E-state index contributed by atoms with van der Waals surface area (Å²) in [6.07, 6.45) is 0.344. The van der Waals surface area contributed by atoms with E-state index in [0.29, 0.717) is 25.1 Å². The number of hydrogen-bond acceptors (Lipinski definition) is 3. The fourth-order valence-corrected chi connectivity index (χ4v) is 1.34. The highest BCUT2D eigenvalue weighted by Gasteiger charge is 2.01. The van der Waals surface area contributed by atoms with Crippen LogP contribution in [0.25, 0.3) is 0 Å². The molecule has 1 aromatic rings. The van der Waals surface area contributed by atoms with Gasteiger partial charge in [-0.2, -0.15) is 0 Å². The number of hydrogen-bond donors (Lipinski definition) is 1. The van der Waals surface area contributed by atoms with E-state index in [0.717, 1.165) is 5.56 Å². The van der Waals surface area contributed by atoms with Gasteiger partial charge in [0.2, 0.25) is 0 Å². The molecule has 1 N–H and O–H groups in total. The molecule has 0 saturated heterocycles. The van der Waals surface area contributed by atoms with E-state index in [1.807, 2.05) is 0 Å². The maximum atomic E-state index is 13.0. The summed E-state index contributed by atoms with van der Waals surface area (Å²) in [5, 5.41) is 3.09. The Morgan fingerprint density at radius 3 is 2.88 bits per heavy atom. The lowest BCUT2D eigenvalue weighted by molar-refractivity contribution is -0.140. The molecule has 0 bridgehead atoms. The summed E-state index contributed by atoms with van der Waals surface area (Å²) in [5.74, 6) is -0.430. The smallest absolute Gasteiger partial charge is 0.306 e. The molecule has 0 saturated carbocycles. The number of carbonyl (C=O) groups excluding carboxylic acids is 1. The standard InChI is InChI=1S/C12H16FNO2/c1-9-7-10(3-4-11(9)13)8-14-6-5-12(15)16-2/h3-4,7,14H,5-6,8H2,1-2H3. The number of nitrogens with one attached hydrogen (secondary N) is 1. The van der Waals surface area contributed by atoms with Crippen molar-refractivity contribution in [1.29, 1.82) is 0 Å². The molecule has 0 amide bonds. The molecular formula is C12H16FNO2. The molecule has 0 aliphatic carbocycles. The van der Waals surface area contributed by atoms with Crippen molar-refractivity contribution in [2.75, 3.05) is 13.7 Å². The number of ether oxygens (including phenoxy) is 1. The van der Waals surface area contributed by atoms with Gasteiger partial charge >= 0.3 is 5.97 Å². The monoisotopic (exact) mass is 225 g/mol. The van der Waals surface area contributed by atoms with Crippen LogP contribution in [0.4, 0.5) is 4.39 Å². The zero-order valence-electron chi connectivity index (χ0n) is 9.55. The third-order valence-electron chi connectivity index (χ3n) is 2.29. The van der Waals surface area contributed by atoms with Crippen LogP contribution in [0.15, 0.2) is 18.2 Å². The van der Waals surface area contributed by atoms with E-state index in [-0.39, 0.29) is 11.8 Å². The highest BCUT2D eigenvalue weighted by molar-refractivity contribution is 5.69. The van der Waals surface area contributed by atoms with Crippen LogP contribution in [0, 0.1) is 12.7 Å². The number of benzene rings is 1. The lowest BCUT2D eigenvalue weighted by Gasteiger charge is -2.05. The predicted molar refractivity (Wildman–Crippen MR) is 59.5 cm³/mol.